The minimum absolute atomic E-state index is 0. The highest BCUT2D eigenvalue weighted by Gasteiger charge is 2.01. The molecule has 21 heavy (non-hydrogen) atoms. The van der Waals surface area contributed by atoms with Crippen LogP contribution in [0.1, 0.15) is 25.3 Å². The minimum Gasteiger partial charge on any atom is -0.370 e. The first-order valence-corrected chi connectivity index (χ1v) is 6.79. The summed E-state index contributed by atoms with van der Waals surface area (Å²) in [6, 6.07) is 10.1. The van der Waals surface area contributed by atoms with Crippen LogP contribution in [0.15, 0.2) is 47.7 Å². The molecule has 1 heterocycles. The predicted octanol–water partition coefficient (Wildman–Crippen LogP) is 3.05. The minimum atomic E-state index is 0. The van der Waals surface area contributed by atoms with Gasteiger partial charge in [-0.05, 0) is 29.7 Å². The van der Waals surface area contributed by atoms with E-state index in [1.807, 2.05) is 29.1 Å². The molecule has 0 saturated carbocycles. The Kier molecular flexibility index (Phi) is 7.21. The zero-order chi connectivity index (χ0) is 14.4. The van der Waals surface area contributed by atoms with Crippen molar-refractivity contribution in [2.45, 2.75) is 26.3 Å². The second-order valence-corrected chi connectivity index (χ2v) is 4.94. The van der Waals surface area contributed by atoms with Gasteiger partial charge in [0.15, 0.2) is 5.96 Å². The van der Waals surface area contributed by atoms with Gasteiger partial charge in [0.1, 0.15) is 0 Å². The molecule has 1 aromatic heterocycles. The Morgan fingerprint density at radius 3 is 2.86 bits per heavy atom. The lowest BCUT2D eigenvalue weighted by Gasteiger charge is -2.10. The topological polar surface area (TPSA) is 68.2 Å². The Morgan fingerprint density at radius 2 is 2.19 bits per heavy atom. The fourth-order valence-corrected chi connectivity index (χ4v) is 1.87. The second-order valence-electron chi connectivity index (χ2n) is 4.94. The lowest BCUT2D eigenvalue weighted by molar-refractivity contribution is 0.625. The van der Waals surface area contributed by atoms with E-state index in [2.05, 4.69) is 41.4 Å². The molecular weight excluding hydrogens is 377 g/mol. The van der Waals surface area contributed by atoms with Gasteiger partial charge in [-0.25, -0.2) is 0 Å². The van der Waals surface area contributed by atoms with E-state index < -0.39 is 0 Å². The monoisotopic (exact) mass is 399 g/mol. The van der Waals surface area contributed by atoms with Crippen LogP contribution < -0.4 is 11.1 Å². The molecule has 114 valence electrons. The van der Waals surface area contributed by atoms with Gasteiger partial charge in [0.25, 0.3) is 0 Å². The molecule has 0 spiro atoms. The molecule has 6 heteroatoms. The smallest absolute Gasteiger partial charge is 0.193 e. The number of rotatable bonds is 5. The Morgan fingerprint density at radius 1 is 1.38 bits per heavy atom. The van der Waals surface area contributed by atoms with E-state index in [4.69, 9.17) is 5.73 Å². The van der Waals surface area contributed by atoms with Crippen molar-refractivity contribution in [2.24, 2.45) is 10.7 Å². The van der Waals surface area contributed by atoms with Crippen LogP contribution in [0, 0.1) is 0 Å². The van der Waals surface area contributed by atoms with Crippen molar-refractivity contribution in [3.8, 4) is 0 Å². The quantitative estimate of drug-likeness (QED) is 0.462. The summed E-state index contributed by atoms with van der Waals surface area (Å²) in [7, 11) is 0. The maximum absolute atomic E-state index is 5.88. The third kappa shape index (κ3) is 5.74. The average molecular weight is 399 g/mol. The molecule has 0 saturated heterocycles. The molecule has 2 aromatic rings. The van der Waals surface area contributed by atoms with Gasteiger partial charge >= 0.3 is 0 Å². The van der Waals surface area contributed by atoms with E-state index in [1.165, 1.54) is 5.56 Å². The lowest BCUT2D eigenvalue weighted by Crippen LogP contribution is -2.23. The number of aromatic nitrogens is 2. The van der Waals surface area contributed by atoms with Crippen LogP contribution in [0.5, 0.6) is 0 Å². The second kappa shape index (κ2) is 8.66. The maximum Gasteiger partial charge on any atom is 0.193 e. The summed E-state index contributed by atoms with van der Waals surface area (Å²) in [5.41, 5.74) is 8.13. The number of hydrogen-bond donors (Lipinski definition) is 2. The summed E-state index contributed by atoms with van der Waals surface area (Å²) >= 11 is 0. The van der Waals surface area contributed by atoms with Gasteiger partial charge in [0.05, 0.1) is 13.1 Å². The fourth-order valence-electron chi connectivity index (χ4n) is 1.87. The van der Waals surface area contributed by atoms with Gasteiger partial charge in [0.2, 0.25) is 0 Å². The van der Waals surface area contributed by atoms with Crippen molar-refractivity contribution in [3.05, 3.63) is 48.3 Å². The van der Waals surface area contributed by atoms with Crippen LogP contribution in [-0.2, 0) is 6.54 Å². The number of anilines is 1. The van der Waals surface area contributed by atoms with Crippen molar-refractivity contribution >= 4 is 35.6 Å². The Balaban J connectivity index is 0.00000220. The van der Waals surface area contributed by atoms with Crippen molar-refractivity contribution in [2.75, 3.05) is 11.9 Å². The molecule has 0 amide bonds. The highest BCUT2D eigenvalue weighted by molar-refractivity contribution is 14.0. The highest BCUT2D eigenvalue weighted by Crippen LogP contribution is 2.18. The molecule has 3 N–H and O–H groups in total. The summed E-state index contributed by atoms with van der Waals surface area (Å²) in [6.45, 7) is 5.66. The van der Waals surface area contributed by atoms with E-state index in [0.29, 0.717) is 18.4 Å². The number of halogens is 1. The molecule has 5 nitrogen and oxygen atoms in total. The van der Waals surface area contributed by atoms with Crippen LogP contribution in [0.25, 0.3) is 0 Å². The van der Waals surface area contributed by atoms with Crippen LogP contribution in [0.3, 0.4) is 0 Å². The van der Waals surface area contributed by atoms with Gasteiger partial charge < -0.3 is 11.1 Å². The van der Waals surface area contributed by atoms with Crippen molar-refractivity contribution in [3.63, 3.8) is 0 Å². The molecule has 0 bridgehead atoms. The Labute approximate surface area is 142 Å². The van der Waals surface area contributed by atoms with E-state index in [9.17, 15) is 0 Å². The Hall–Kier alpha value is -1.57. The van der Waals surface area contributed by atoms with Gasteiger partial charge in [-0.15, -0.1) is 24.0 Å². The van der Waals surface area contributed by atoms with Crippen molar-refractivity contribution in [1.29, 1.82) is 0 Å². The number of benzene rings is 1. The van der Waals surface area contributed by atoms with Crippen LogP contribution in [-0.4, -0.2) is 22.3 Å². The third-order valence-corrected chi connectivity index (χ3v) is 3.00. The van der Waals surface area contributed by atoms with E-state index >= 15 is 0 Å². The van der Waals surface area contributed by atoms with E-state index in [1.54, 1.807) is 6.20 Å². The molecule has 0 radical (unpaired) electrons. The fraction of sp³-hybridized carbons (Fsp3) is 0.333. The number of nitrogens with two attached hydrogens (primary N) is 1. The summed E-state index contributed by atoms with van der Waals surface area (Å²) < 4.78 is 1.83. The van der Waals surface area contributed by atoms with Crippen LogP contribution >= 0.6 is 24.0 Å². The standard InChI is InChI=1S/C15H21N5.HI/c1-12(2)13-5-3-6-14(11-13)19-15(16)17-8-10-20-9-4-7-18-20;/h3-7,9,11-12H,8,10H2,1-2H3,(H3,16,17,19);1H. The summed E-state index contributed by atoms with van der Waals surface area (Å²) in [5.74, 6) is 0.924. The predicted molar refractivity (Wildman–Crippen MR) is 98.3 cm³/mol. The first kappa shape index (κ1) is 17.5. The van der Waals surface area contributed by atoms with E-state index in [-0.39, 0.29) is 24.0 Å². The SMILES string of the molecule is CC(C)c1cccc(NC(N)=NCCn2cccn2)c1.I. The van der Waals surface area contributed by atoms with Gasteiger partial charge in [0, 0.05) is 18.1 Å². The molecule has 0 unspecified atom stereocenters. The summed E-state index contributed by atoms with van der Waals surface area (Å²) in [6.07, 6.45) is 3.66. The first-order valence-electron chi connectivity index (χ1n) is 6.79. The maximum atomic E-state index is 5.88. The number of guanidine groups is 1. The molecule has 0 aliphatic carbocycles. The number of aliphatic imine (C=N–C) groups is 1. The first-order chi connectivity index (χ1) is 9.65. The number of nitrogens with one attached hydrogen (secondary N) is 1. The van der Waals surface area contributed by atoms with Gasteiger partial charge in [-0.3, -0.25) is 9.67 Å². The molecule has 2 rings (SSSR count). The number of nitrogens with zero attached hydrogens (tertiary/aromatic N) is 3. The van der Waals surface area contributed by atoms with E-state index in [0.717, 1.165) is 12.2 Å². The average Bonchev–Trinajstić information content (AvgIpc) is 2.92. The van der Waals surface area contributed by atoms with Crippen LogP contribution in [0.4, 0.5) is 5.69 Å². The van der Waals surface area contributed by atoms with Crippen molar-refractivity contribution < 1.29 is 0 Å². The summed E-state index contributed by atoms with van der Waals surface area (Å²) in [5, 5.41) is 7.23. The molecule has 0 atom stereocenters. The number of hydrogen-bond acceptors (Lipinski definition) is 2. The summed E-state index contributed by atoms with van der Waals surface area (Å²) in [4.78, 5) is 4.29. The normalized spacial score (nSPS) is 11.3. The zero-order valence-corrected chi connectivity index (χ0v) is 14.7. The molecule has 0 fully saturated rings. The molecular formula is C15H22IN5. The zero-order valence-electron chi connectivity index (χ0n) is 12.4. The highest BCUT2D eigenvalue weighted by atomic mass is 127. The molecule has 0 aliphatic rings. The lowest BCUT2D eigenvalue weighted by atomic mass is 10.0. The molecule has 1 aromatic carbocycles. The van der Waals surface area contributed by atoms with Gasteiger partial charge in [-0.1, -0.05) is 26.0 Å². The van der Waals surface area contributed by atoms with Gasteiger partial charge in [-0.2, -0.15) is 5.10 Å². The molecule has 0 aliphatic heterocycles. The third-order valence-electron chi connectivity index (χ3n) is 3.00. The van der Waals surface area contributed by atoms with Crippen LogP contribution in [0.2, 0.25) is 0 Å². The van der Waals surface area contributed by atoms with Crippen molar-refractivity contribution in [1.82, 2.24) is 9.78 Å². The largest absolute Gasteiger partial charge is 0.370 e. The Bertz CT molecular complexity index is 563.